The number of nitrogens with zero attached hydrogens (tertiary/aromatic N) is 3. The van der Waals surface area contributed by atoms with Crippen molar-refractivity contribution >= 4 is 34.5 Å². The fourth-order valence-electron chi connectivity index (χ4n) is 3.13. The van der Waals surface area contributed by atoms with E-state index in [-0.39, 0.29) is 5.56 Å². The molecule has 0 aliphatic heterocycles. The first-order chi connectivity index (χ1) is 15.6. The predicted molar refractivity (Wildman–Crippen MR) is 127 cm³/mol. The van der Waals surface area contributed by atoms with Gasteiger partial charge in [0.2, 0.25) is 4.96 Å². The lowest BCUT2D eigenvalue weighted by Gasteiger charge is -2.07. The van der Waals surface area contributed by atoms with Gasteiger partial charge in [-0.25, -0.2) is 0 Å². The van der Waals surface area contributed by atoms with Gasteiger partial charge < -0.3 is 14.2 Å². The Balaban J connectivity index is 1.62. The van der Waals surface area contributed by atoms with Crippen LogP contribution in [-0.2, 0) is 0 Å². The Morgan fingerprint density at radius 1 is 1.03 bits per heavy atom. The second-order valence-corrected chi connectivity index (χ2v) is 7.92. The lowest BCUT2D eigenvalue weighted by molar-refractivity contribution is 0.317. The molecule has 0 N–H and O–H groups in total. The molecule has 0 saturated heterocycles. The van der Waals surface area contributed by atoms with Crippen molar-refractivity contribution in [2.24, 2.45) is 0 Å². The average Bonchev–Trinajstić information content (AvgIpc) is 3.35. The molecule has 2 aromatic carbocycles. The highest BCUT2D eigenvalue weighted by Crippen LogP contribution is 2.28. The summed E-state index contributed by atoms with van der Waals surface area (Å²) in [5.41, 5.74) is 1.56. The fraction of sp³-hybridized carbons (Fsp3) is 0.208. The molecule has 2 heterocycles. The summed E-state index contributed by atoms with van der Waals surface area (Å²) in [4.78, 5) is 17.9. The van der Waals surface area contributed by atoms with Crippen molar-refractivity contribution in [1.29, 1.82) is 0 Å². The van der Waals surface area contributed by atoms with Crippen LogP contribution in [-0.4, -0.2) is 35.4 Å². The van der Waals surface area contributed by atoms with Crippen LogP contribution in [0.2, 0.25) is 0 Å². The topological polar surface area (TPSA) is 74.9 Å². The summed E-state index contributed by atoms with van der Waals surface area (Å²) in [6.45, 7) is 2.68. The molecule has 4 rings (SSSR count). The van der Waals surface area contributed by atoms with Crippen LogP contribution in [0.15, 0.2) is 47.3 Å². The zero-order chi connectivity index (χ0) is 22.5. The van der Waals surface area contributed by atoms with Crippen molar-refractivity contribution in [1.82, 2.24) is 14.6 Å². The van der Waals surface area contributed by atoms with E-state index in [4.69, 9.17) is 14.2 Å². The summed E-state index contributed by atoms with van der Waals surface area (Å²) in [6, 6.07) is 13.3. The number of fused-ring (bicyclic) bond motifs is 1. The van der Waals surface area contributed by atoms with E-state index in [0.29, 0.717) is 33.4 Å². The summed E-state index contributed by atoms with van der Waals surface area (Å²) in [7, 11) is 3.19. The van der Waals surface area contributed by atoms with Gasteiger partial charge in [0.05, 0.1) is 25.4 Å². The number of aromatic nitrogens is 3. The average molecular weight is 450 g/mol. The van der Waals surface area contributed by atoms with Crippen molar-refractivity contribution in [3.05, 3.63) is 74.3 Å². The summed E-state index contributed by atoms with van der Waals surface area (Å²) in [5.74, 6) is 2.51. The number of para-hydroxylation sites is 1. The van der Waals surface area contributed by atoms with Crippen LogP contribution in [0, 0.1) is 0 Å². The molecule has 2 aromatic heterocycles. The third kappa shape index (κ3) is 4.50. The van der Waals surface area contributed by atoms with Crippen LogP contribution >= 0.6 is 11.3 Å². The van der Waals surface area contributed by atoms with Gasteiger partial charge in [0.15, 0.2) is 17.3 Å². The van der Waals surface area contributed by atoms with Gasteiger partial charge in [0.1, 0.15) is 5.75 Å². The van der Waals surface area contributed by atoms with Gasteiger partial charge in [-0.1, -0.05) is 48.6 Å². The molecule has 0 amide bonds. The van der Waals surface area contributed by atoms with Crippen LogP contribution in [0.5, 0.6) is 17.2 Å². The Morgan fingerprint density at radius 2 is 1.84 bits per heavy atom. The first kappa shape index (κ1) is 21.6. The maximum Gasteiger partial charge on any atom is 0.291 e. The van der Waals surface area contributed by atoms with E-state index in [9.17, 15) is 4.79 Å². The third-order valence-electron chi connectivity index (χ3n) is 4.70. The molecule has 8 heteroatoms. The number of methoxy groups -OCH3 is 2. The SMILES string of the molecule is CCCOc1ccccc1/C=c1\sc2nc(/C=C/c3ccc(OC)c(OC)c3)nn2c1=O. The molecular weight excluding hydrogens is 426 g/mol. The van der Waals surface area contributed by atoms with E-state index in [2.05, 4.69) is 17.0 Å². The van der Waals surface area contributed by atoms with Crippen LogP contribution in [0.4, 0.5) is 0 Å². The Morgan fingerprint density at radius 3 is 2.59 bits per heavy atom. The molecule has 0 aliphatic rings. The quantitative estimate of drug-likeness (QED) is 0.409. The van der Waals surface area contributed by atoms with Crippen LogP contribution < -0.4 is 24.3 Å². The van der Waals surface area contributed by atoms with Gasteiger partial charge in [0, 0.05) is 5.56 Å². The second kappa shape index (κ2) is 9.65. The summed E-state index contributed by atoms with van der Waals surface area (Å²) >= 11 is 1.30. The highest BCUT2D eigenvalue weighted by Gasteiger charge is 2.10. The van der Waals surface area contributed by atoms with Crippen molar-refractivity contribution in [3.63, 3.8) is 0 Å². The molecule has 0 saturated carbocycles. The standard InChI is InChI=1S/C24H23N3O4S/c1-4-13-31-18-8-6-5-7-17(18)15-21-23(28)27-24(32-21)25-22(26-27)12-10-16-9-11-19(29-2)20(14-16)30-3/h5-12,14-15H,4,13H2,1-3H3/b12-10+,21-15-. The van der Waals surface area contributed by atoms with Crippen molar-refractivity contribution in [3.8, 4) is 17.2 Å². The molecular formula is C24H23N3O4S. The van der Waals surface area contributed by atoms with Gasteiger partial charge in [-0.3, -0.25) is 4.79 Å². The lowest BCUT2D eigenvalue weighted by atomic mass is 10.2. The van der Waals surface area contributed by atoms with Crippen molar-refractivity contribution in [2.75, 3.05) is 20.8 Å². The number of benzene rings is 2. The molecule has 7 nitrogen and oxygen atoms in total. The zero-order valence-electron chi connectivity index (χ0n) is 18.1. The maximum atomic E-state index is 12.8. The van der Waals surface area contributed by atoms with Gasteiger partial charge in [-0.15, -0.1) is 5.10 Å². The summed E-state index contributed by atoms with van der Waals surface area (Å²) in [6.07, 6.45) is 6.36. The van der Waals surface area contributed by atoms with Gasteiger partial charge in [-0.2, -0.15) is 9.50 Å². The van der Waals surface area contributed by atoms with E-state index < -0.39 is 0 Å². The first-order valence-corrected chi connectivity index (χ1v) is 11.0. The Bertz CT molecular complexity index is 1370. The van der Waals surface area contributed by atoms with Gasteiger partial charge in [0.25, 0.3) is 5.56 Å². The van der Waals surface area contributed by atoms with E-state index >= 15 is 0 Å². The van der Waals surface area contributed by atoms with Gasteiger partial charge >= 0.3 is 0 Å². The molecule has 0 aliphatic carbocycles. The molecule has 0 atom stereocenters. The largest absolute Gasteiger partial charge is 0.493 e. The molecule has 4 aromatic rings. The van der Waals surface area contributed by atoms with Crippen molar-refractivity contribution in [2.45, 2.75) is 13.3 Å². The minimum Gasteiger partial charge on any atom is -0.493 e. The minimum atomic E-state index is -0.200. The highest BCUT2D eigenvalue weighted by molar-refractivity contribution is 7.15. The minimum absolute atomic E-state index is 0.200. The summed E-state index contributed by atoms with van der Waals surface area (Å²) in [5, 5.41) is 4.35. The zero-order valence-corrected chi connectivity index (χ0v) is 18.9. The second-order valence-electron chi connectivity index (χ2n) is 6.91. The number of rotatable bonds is 8. The van der Waals surface area contributed by atoms with E-state index in [1.807, 2.05) is 54.6 Å². The molecule has 0 unspecified atom stereocenters. The monoisotopic (exact) mass is 449 g/mol. The van der Waals surface area contributed by atoms with E-state index in [1.165, 1.54) is 15.9 Å². The number of hydrogen-bond acceptors (Lipinski definition) is 7. The van der Waals surface area contributed by atoms with Crippen LogP contribution in [0.3, 0.4) is 0 Å². The molecule has 0 fully saturated rings. The van der Waals surface area contributed by atoms with E-state index in [0.717, 1.165) is 23.3 Å². The third-order valence-corrected chi connectivity index (χ3v) is 5.66. The molecule has 0 bridgehead atoms. The highest BCUT2D eigenvalue weighted by atomic mass is 32.1. The lowest BCUT2D eigenvalue weighted by Crippen LogP contribution is -2.23. The number of ether oxygens (including phenoxy) is 3. The molecule has 0 spiro atoms. The van der Waals surface area contributed by atoms with Crippen LogP contribution in [0.1, 0.15) is 30.3 Å². The Hall–Kier alpha value is -3.65. The molecule has 32 heavy (non-hydrogen) atoms. The molecule has 164 valence electrons. The first-order valence-electron chi connectivity index (χ1n) is 10.2. The van der Waals surface area contributed by atoms with Crippen LogP contribution in [0.25, 0.3) is 23.2 Å². The summed E-state index contributed by atoms with van der Waals surface area (Å²) < 4.78 is 18.3. The Kier molecular flexibility index (Phi) is 6.51. The fourth-order valence-corrected chi connectivity index (χ4v) is 4.04. The van der Waals surface area contributed by atoms with E-state index in [1.54, 1.807) is 20.3 Å². The normalized spacial score (nSPS) is 12.0. The van der Waals surface area contributed by atoms with Gasteiger partial charge in [-0.05, 0) is 42.3 Å². The predicted octanol–water partition coefficient (Wildman–Crippen LogP) is 3.68. The molecule has 0 radical (unpaired) electrons. The Labute approximate surface area is 189 Å². The maximum absolute atomic E-state index is 12.8. The smallest absolute Gasteiger partial charge is 0.291 e. The number of hydrogen-bond donors (Lipinski definition) is 0. The number of thiazole rings is 1. The van der Waals surface area contributed by atoms with Crippen molar-refractivity contribution < 1.29 is 14.2 Å².